The molecule has 7 heteroatoms. The van der Waals surface area contributed by atoms with Gasteiger partial charge in [-0.25, -0.2) is 0 Å². The van der Waals surface area contributed by atoms with Gasteiger partial charge in [0.2, 0.25) is 5.91 Å². The standard InChI is InChI=1S/C35H27ClN2O4/c1-20-7-17-28-23(19-20)12-18-29-35(26-5-3-4-6-27(26)37-34(35)41)30(32(39)21-10-15-25(42-2)16-11-21)31(38(28)29)33(40)22-8-13-24(36)14-9-22/h3-19,29-31H,1-2H3,(H,37,41)/t29-,30+,31+,35-/m1/s1. The molecule has 0 aromatic heterocycles. The summed E-state index contributed by atoms with van der Waals surface area (Å²) in [6, 6.07) is 25.5. The molecule has 42 heavy (non-hydrogen) atoms. The molecule has 7 rings (SSSR count). The number of fused-ring (bicyclic) bond motifs is 6. The number of anilines is 2. The van der Waals surface area contributed by atoms with Gasteiger partial charge in [0.05, 0.1) is 19.1 Å². The van der Waals surface area contributed by atoms with E-state index in [0.717, 1.165) is 16.8 Å². The second kappa shape index (κ2) is 9.71. The number of ketones is 2. The Labute approximate surface area is 248 Å². The molecule has 3 aliphatic rings. The molecule has 4 aromatic carbocycles. The summed E-state index contributed by atoms with van der Waals surface area (Å²) in [6.45, 7) is 2.01. The average Bonchev–Trinajstić information content (AvgIpc) is 3.49. The zero-order valence-electron chi connectivity index (χ0n) is 23.0. The number of carbonyl (C=O) groups excluding carboxylic acids is 3. The minimum absolute atomic E-state index is 0.251. The summed E-state index contributed by atoms with van der Waals surface area (Å²) in [5.74, 6) is -1.26. The number of ether oxygens (including phenoxy) is 1. The van der Waals surface area contributed by atoms with Crippen molar-refractivity contribution in [2.24, 2.45) is 5.92 Å². The van der Waals surface area contributed by atoms with E-state index in [1.807, 2.05) is 60.4 Å². The number of rotatable bonds is 5. The van der Waals surface area contributed by atoms with Gasteiger partial charge in [0, 0.05) is 27.5 Å². The molecule has 1 spiro atoms. The number of aryl methyl sites for hydroxylation is 1. The molecule has 1 fully saturated rings. The highest BCUT2D eigenvalue weighted by Gasteiger charge is 2.70. The van der Waals surface area contributed by atoms with Crippen LogP contribution >= 0.6 is 11.6 Å². The molecule has 1 N–H and O–H groups in total. The van der Waals surface area contributed by atoms with Crippen LogP contribution in [0, 0.1) is 12.8 Å². The number of benzene rings is 4. The number of hydrogen-bond acceptors (Lipinski definition) is 5. The summed E-state index contributed by atoms with van der Waals surface area (Å²) in [7, 11) is 1.56. The van der Waals surface area contributed by atoms with E-state index < -0.39 is 23.4 Å². The predicted molar refractivity (Wildman–Crippen MR) is 164 cm³/mol. The van der Waals surface area contributed by atoms with Crippen molar-refractivity contribution in [2.75, 3.05) is 17.3 Å². The Kier molecular flexibility index (Phi) is 6.06. The first kappa shape index (κ1) is 26.2. The van der Waals surface area contributed by atoms with Crippen molar-refractivity contribution < 1.29 is 19.1 Å². The van der Waals surface area contributed by atoms with Gasteiger partial charge in [-0.2, -0.15) is 0 Å². The zero-order chi connectivity index (χ0) is 29.2. The Morgan fingerprint density at radius 1 is 0.905 bits per heavy atom. The molecule has 4 aromatic rings. The van der Waals surface area contributed by atoms with E-state index >= 15 is 0 Å². The van der Waals surface area contributed by atoms with Crippen molar-refractivity contribution in [2.45, 2.75) is 24.4 Å². The fourth-order valence-electron chi connectivity index (χ4n) is 7.02. The van der Waals surface area contributed by atoms with Crippen molar-refractivity contribution in [3.8, 4) is 5.75 Å². The summed E-state index contributed by atoms with van der Waals surface area (Å²) in [6.07, 6.45) is 3.98. The number of carbonyl (C=O) groups is 3. The number of hydrogen-bond donors (Lipinski definition) is 1. The van der Waals surface area contributed by atoms with Crippen LogP contribution in [0.5, 0.6) is 5.75 Å². The van der Waals surface area contributed by atoms with E-state index in [-0.39, 0.29) is 17.5 Å². The van der Waals surface area contributed by atoms with Crippen molar-refractivity contribution >= 4 is 46.5 Å². The quantitative estimate of drug-likeness (QED) is 0.275. The van der Waals surface area contributed by atoms with E-state index in [1.165, 1.54) is 0 Å². The Hall–Kier alpha value is -4.68. The van der Waals surface area contributed by atoms with Gasteiger partial charge in [-0.15, -0.1) is 0 Å². The monoisotopic (exact) mass is 574 g/mol. The van der Waals surface area contributed by atoms with Crippen LogP contribution in [0.1, 0.15) is 37.4 Å². The molecule has 208 valence electrons. The Morgan fingerprint density at radius 2 is 1.60 bits per heavy atom. The van der Waals surface area contributed by atoms with Crippen molar-refractivity contribution in [3.05, 3.63) is 130 Å². The van der Waals surface area contributed by atoms with E-state index in [4.69, 9.17) is 16.3 Å². The molecule has 3 heterocycles. The van der Waals surface area contributed by atoms with Crippen LogP contribution in [0.25, 0.3) is 6.08 Å². The largest absolute Gasteiger partial charge is 0.497 e. The van der Waals surface area contributed by atoms with Gasteiger partial charge in [-0.05, 0) is 84.8 Å². The number of para-hydroxylation sites is 1. The number of nitrogens with one attached hydrogen (secondary N) is 1. The smallest absolute Gasteiger partial charge is 0.238 e. The Balaban J connectivity index is 1.52. The van der Waals surface area contributed by atoms with Gasteiger partial charge in [-0.1, -0.05) is 53.6 Å². The molecule has 0 aliphatic carbocycles. The second-order valence-electron chi connectivity index (χ2n) is 11.0. The maximum atomic E-state index is 14.8. The van der Waals surface area contributed by atoms with Crippen LogP contribution < -0.4 is 15.0 Å². The number of halogens is 1. The molecule has 0 bridgehead atoms. The number of amides is 1. The summed E-state index contributed by atoms with van der Waals surface area (Å²) in [4.78, 5) is 45.9. The van der Waals surface area contributed by atoms with Crippen LogP contribution in [0.3, 0.4) is 0 Å². The van der Waals surface area contributed by atoms with Gasteiger partial charge in [-0.3, -0.25) is 14.4 Å². The first-order valence-electron chi connectivity index (χ1n) is 13.8. The maximum Gasteiger partial charge on any atom is 0.238 e. The van der Waals surface area contributed by atoms with Crippen LogP contribution in [0.4, 0.5) is 11.4 Å². The number of nitrogens with zero attached hydrogens (tertiary/aromatic N) is 1. The van der Waals surface area contributed by atoms with Gasteiger partial charge in [0.15, 0.2) is 11.6 Å². The number of methoxy groups -OCH3 is 1. The van der Waals surface area contributed by atoms with E-state index in [9.17, 15) is 14.4 Å². The Bertz CT molecular complexity index is 1800. The van der Waals surface area contributed by atoms with Gasteiger partial charge < -0.3 is 15.0 Å². The third kappa shape index (κ3) is 3.68. The van der Waals surface area contributed by atoms with Crippen LogP contribution in [0.2, 0.25) is 5.02 Å². The van der Waals surface area contributed by atoms with Crippen LogP contribution in [0.15, 0.2) is 97.1 Å². The molecule has 6 nitrogen and oxygen atoms in total. The predicted octanol–water partition coefficient (Wildman–Crippen LogP) is 6.51. The van der Waals surface area contributed by atoms with E-state index in [1.54, 1.807) is 55.6 Å². The molecular weight excluding hydrogens is 548 g/mol. The summed E-state index contributed by atoms with van der Waals surface area (Å²) >= 11 is 6.18. The normalized spacial score (nSPS) is 23.3. The van der Waals surface area contributed by atoms with Crippen molar-refractivity contribution in [1.29, 1.82) is 0 Å². The van der Waals surface area contributed by atoms with Gasteiger partial charge in [0.25, 0.3) is 0 Å². The number of Topliss-reactive ketones (excluding diaryl/α,β-unsaturated/α-hetero) is 2. The van der Waals surface area contributed by atoms with Crippen molar-refractivity contribution in [1.82, 2.24) is 0 Å². The molecule has 3 aliphatic heterocycles. The van der Waals surface area contributed by atoms with Crippen LogP contribution in [-0.4, -0.2) is 36.7 Å². The SMILES string of the molecule is COc1ccc(C(=O)[C@@H]2[C@@H](C(=O)c3ccc(Cl)cc3)N3c4ccc(C)cc4C=C[C@@H]3[C@@]23C(=O)Nc2ccccc23)cc1. The lowest BCUT2D eigenvalue weighted by atomic mass is 9.64. The van der Waals surface area contributed by atoms with E-state index in [0.29, 0.717) is 33.1 Å². The lowest BCUT2D eigenvalue weighted by Crippen LogP contribution is -2.51. The molecule has 4 atom stereocenters. The van der Waals surface area contributed by atoms with Gasteiger partial charge in [0.1, 0.15) is 17.2 Å². The van der Waals surface area contributed by atoms with Crippen molar-refractivity contribution in [3.63, 3.8) is 0 Å². The molecular formula is C35H27ClN2O4. The average molecular weight is 575 g/mol. The molecule has 0 saturated carbocycles. The molecule has 1 saturated heterocycles. The zero-order valence-corrected chi connectivity index (χ0v) is 23.8. The lowest BCUT2D eigenvalue weighted by Gasteiger charge is -2.37. The van der Waals surface area contributed by atoms with E-state index in [2.05, 4.69) is 11.4 Å². The molecule has 0 radical (unpaired) electrons. The minimum atomic E-state index is -1.36. The highest BCUT2D eigenvalue weighted by Crippen LogP contribution is 2.58. The fourth-order valence-corrected chi connectivity index (χ4v) is 7.14. The maximum absolute atomic E-state index is 14.8. The fraction of sp³-hybridized carbons (Fsp3) is 0.171. The first-order valence-corrected chi connectivity index (χ1v) is 14.2. The minimum Gasteiger partial charge on any atom is -0.497 e. The third-order valence-electron chi connectivity index (χ3n) is 8.84. The second-order valence-corrected chi connectivity index (χ2v) is 11.5. The lowest BCUT2D eigenvalue weighted by molar-refractivity contribution is -0.121. The van der Waals surface area contributed by atoms with Crippen LogP contribution in [-0.2, 0) is 10.2 Å². The first-order chi connectivity index (χ1) is 20.3. The highest BCUT2D eigenvalue weighted by molar-refractivity contribution is 6.30. The summed E-state index contributed by atoms with van der Waals surface area (Å²) < 4.78 is 5.33. The summed E-state index contributed by atoms with van der Waals surface area (Å²) in [5.41, 5.74) is 3.63. The Morgan fingerprint density at radius 3 is 2.33 bits per heavy atom. The summed E-state index contributed by atoms with van der Waals surface area (Å²) in [5, 5.41) is 3.56. The molecule has 1 amide bonds. The third-order valence-corrected chi connectivity index (χ3v) is 9.09. The molecule has 0 unspecified atom stereocenters. The highest BCUT2D eigenvalue weighted by atomic mass is 35.5. The van der Waals surface area contributed by atoms with Gasteiger partial charge >= 0.3 is 0 Å². The topological polar surface area (TPSA) is 75.7 Å².